The van der Waals surface area contributed by atoms with E-state index in [-0.39, 0.29) is 10.8 Å². The normalized spacial score (nSPS) is 10.9. The third-order valence-corrected chi connectivity index (χ3v) is 2.75. The molecule has 2 rings (SSSR count). The Morgan fingerprint density at radius 1 is 1.38 bits per heavy atom. The van der Waals surface area contributed by atoms with Crippen molar-refractivity contribution in [3.05, 3.63) is 38.9 Å². The SMILES string of the molecule is NCCn1c(Cl)nc2ccc(Cl)cc2c1=O. The lowest BCUT2D eigenvalue weighted by molar-refractivity contribution is 0.675. The molecule has 0 radical (unpaired) electrons. The Bertz CT molecular complexity index is 594. The van der Waals surface area contributed by atoms with E-state index in [9.17, 15) is 4.79 Å². The highest BCUT2D eigenvalue weighted by atomic mass is 35.5. The monoisotopic (exact) mass is 257 g/mol. The Morgan fingerprint density at radius 2 is 2.12 bits per heavy atom. The van der Waals surface area contributed by atoms with Gasteiger partial charge in [0.1, 0.15) is 0 Å². The van der Waals surface area contributed by atoms with Crippen molar-refractivity contribution in [3.63, 3.8) is 0 Å². The number of hydrogen-bond acceptors (Lipinski definition) is 3. The fourth-order valence-corrected chi connectivity index (χ4v) is 1.91. The van der Waals surface area contributed by atoms with Crippen molar-refractivity contribution in [1.29, 1.82) is 0 Å². The molecule has 0 aliphatic carbocycles. The first-order valence-electron chi connectivity index (χ1n) is 4.69. The highest BCUT2D eigenvalue weighted by Crippen LogP contribution is 2.16. The molecule has 1 aromatic carbocycles. The van der Waals surface area contributed by atoms with Gasteiger partial charge in [-0.1, -0.05) is 11.6 Å². The summed E-state index contributed by atoms with van der Waals surface area (Å²) in [4.78, 5) is 16.1. The molecule has 6 heteroatoms. The summed E-state index contributed by atoms with van der Waals surface area (Å²) in [5.41, 5.74) is 5.72. The van der Waals surface area contributed by atoms with Crippen LogP contribution < -0.4 is 11.3 Å². The van der Waals surface area contributed by atoms with Crippen molar-refractivity contribution in [3.8, 4) is 0 Å². The van der Waals surface area contributed by atoms with Crippen LogP contribution in [-0.2, 0) is 6.54 Å². The number of benzene rings is 1. The molecule has 0 unspecified atom stereocenters. The number of fused-ring (bicyclic) bond motifs is 1. The minimum absolute atomic E-state index is 0.144. The molecule has 16 heavy (non-hydrogen) atoms. The molecule has 0 saturated carbocycles. The van der Waals surface area contributed by atoms with Gasteiger partial charge in [-0.05, 0) is 29.8 Å². The predicted octanol–water partition coefficient (Wildman–Crippen LogP) is 1.66. The third-order valence-electron chi connectivity index (χ3n) is 2.22. The summed E-state index contributed by atoms with van der Waals surface area (Å²) in [7, 11) is 0. The van der Waals surface area contributed by atoms with Crippen LogP contribution in [-0.4, -0.2) is 16.1 Å². The van der Waals surface area contributed by atoms with Gasteiger partial charge in [-0.2, -0.15) is 0 Å². The maximum Gasteiger partial charge on any atom is 0.262 e. The Labute approximate surface area is 102 Å². The van der Waals surface area contributed by atoms with Gasteiger partial charge in [0.2, 0.25) is 5.28 Å². The Balaban J connectivity index is 2.80. The van der Waals surface area contributed by atoms with E-state index in [1.165, 1.54) is 4.57 Å². The van der Waals surface area contributed by atoms with Crippen LogP contribution in [0.15, 0.2) is 23.0 Å². The second kappa shape index (κ2) is 4.41. The van der Waals surface area contributed by atoms with Gasteiger partial charge in [0.25, 0.3) is 5.56 Å². The summed E-state index contributed by atoms with van der Waals surface area (Å²) in [6.07, 6.45) is 0. The Morgan fingerprint density at radius 3 is 2.81 bits per heavy atom. The van der Waals surface area contributed by atoms with Crippen LogP contribution in [0.25, 0.3) is 10.9 Å². The van der Waals surface area contributed by atoms with Crippen molar-refractivity contribution >= 4 is 34.1 Å². The predicted molar refractivity (Wildman–Crippen MR) is 65.1 cm³/mol. The van der Waals surface area contributed by atoms with E-state index in [0.717, 1.165) is 0 Å². The van der Waals surface area contributed by atoms with Gasteiger partial charge in [-0.15, -0.1) is 0 Å². The third kappa shape index (κ3) is 1.91. The van der Waals surface area contributed by atoms with Crippen LogP contribution in [0.5, 0.6) is 0 Å². The number of rotatable bonds is 2. The topological polar surface area (TPSA) is 60.9 Å². The van der Waals surface area contributed by atoms with E-state index < -0.39 is 0 Å². The first kappa shape index (κ1) is 11.4. The molecule has 0 atom stereocenters. The van der Waals surface area contributed by atoms with Crippen LogP contribution in [0.2, 0.25) is 10.3 Å². The number of nitrogens with zero attached hydrogens (tertiary/aromatic N) is 2. The summed E-state index contributed by atoms with van der Waals surface area (Å²) >= 11 is 11.7. The van der Waals surface area contributed by atoms with E-state index in [1.54, 1.807) is 18.2 Å². The quantitative estimate of drug-likeness (QED) is 0.833. The maximum absolute atomic E-state index is 12.0. The summed E-state index contributed by atoms with van der Waals surface area (Å²) in [5, 5.41) is 1.09. The Hall–Kier alpha value is -1.10. The minimum Gasteiger partial charge on any atom is -0.329 e. The maximum atomic E-state index is 12.0. The number of hydrogen-bond donors (Lipinski definition) is 1. The first-order chi connectivity index (χ1) is 7.63. The molecule has 0 aliphatic rings. The highest BCUT2D eigenvalue weighted by molar-refractivity contribution is 6.31. The molecule has 0 amide bonds. The minimum atomic E-state index is -0.219. The van der Waals surface area contributed by atoms with Crippen LogP contribution in [0.4, 0.5) is 0 Å². The second-order valence-corrected chi connectivity index (χ2v) is 4.06. The van der Waals surface area contributed by atoms with Crippen LogP contribution in [0, 0.1) is 0 Å². The first-order valence-corrected chi connectivity index (χ1v) is 5.44. The smallest absolute Gasteiger partial charge is 0.262 e. The number of nitrogens with two attached hydrogens (primary N) is 1. The van der Waals surface area contributed by atoms with Crippen molar-refractivity contribution < 1.29 is 0 Å². The summed E-state index contributed by atoms with van der Waals surface area (Å²) in [5.74, 6) is 0. The average Bonchev–Trinajstić information content (AvgIpc) is 2.26. The van der Waals surface area contributed by atoms with Gasteiger partial charge in [-0.25, -0.2) is 4.98 Å². The number of aromatic nitrogens is 2. The molecule has 4 nitrogen and oxygen atoms in total. The van der Waals surface area contributed by atoms with Crippen molar-refractivity contribution in [2.24, 2.45) is 5.73 Å². The van der Waals surface area contributed by atoms with E-state index in [1.807, 2.05) is 0 Å². The molecule has 1 heterocycles. The Kier molecular flexibility index (Phi) is 3.14. The standard InChI is InChI=1S/C10H9Cl2N3O/c11-6-1-2-8-7(5-6)9(16)15(4-3-13)10(12)14-8/h1-2,5H,3-4,13H2. The molecular weight excluding hydrogens is 249 g/mol. The fraction of sp³-hybridized carbons (Fsp3) is 0.200. The molecule has 0 fully saturated rings. The average molecular weight is 258 g/mol. The zero-order chi connectivity index (χ0) is 11.7. The largest absolute Gasteiger partial charge is 0.329 e. The van der Waals surface area contributed by atoms with Crippen molar-refractivity contribution in [2.45, 2.75) is 6.54 Å². The fourth-order valence-electron chi connectivity index (χ4n) is 1.49. The van der Waals surface area contributed by atoms with Gasteiger partial charge >= 0.3 is 0 Å². The molecule has 0 aliphatic heterocycles. The van der Waals surface area contributed by atoms with Crippen LogP contribution >= 0.6 is 23.2 Å². The lowest BCUT2D eigenvalue weighted by atomic mass is 10.2. The lowest BCUT2D eigenvalue weighted by Gasteiger charge is -2.07. The summed E-state index contributed by atoms with van der Waals surface area (Å²) in [6, 6.07) is 4.91. The van der Waals surface area contributed by atoms with E-state index in [4.69, 9.17) is 28.9 Å². The molecular formula is C10H9Cl2N3O. The molecule has 2 N–H and O–H groups in total. The van der Waals surface area contributed by atoms with E-state index >= 15 is 0 Å². The van der Waals surface area contributed by atoms with E-state index in [0.29, 0.717) is 29.0 Å². The van der Waals surface area contributed by atoms with Gasteiger partial charge in [0.15, 0.2) is 0 Å². The molecule has 0 bridgehead atoms. The molecule has 0 saturated heterocycles. The zero-order valence-corrected chi connectivity index (χ0v) is 9.79. The van der Waals surface area contributed by atoms with E-state index in [2.05, 4.69) is 4.98 Å². The van der Waals surface area contributed by atoms with Gasteiger partial charge in [0.05, 0.1) is 10.9 Å². The lowest BCUT2D eigenvalue weighted by Crippen LogP contribution is -2.25. The summed E-state index contributed by atoms with van der Waals surface area (Å²) < 4.78 is 1.33. The van der Waals surface area contributed by atoms with Crippen molar-refractivity contribution in [1.82, 2.24) is 9.55 Å². The number of halogens is 2. The summed E-state index contributed by atoms with van der Waals surface area (Å²) in [6.45, 7) is 0.667. The second-order valence-electron chi connectivity index (χ2n) is 3.29. The molecule has 2 aromatic rings. The van der Waals surface area contributed by atoms with Gasteiger partial charge in [0, 0.05) is 18.1 Å². The zero-order valence-electron chi connectivity index (χ0n) is 8.28. The van der Waals surface area contributed by atoms with Gasteiger partial charge < -0.3 is 5.73 Å². The highest BCUT2D eigenvalue weighted by Gasteiger charge is 2.08. The van der Waals surface area contributed by atoms with Crippen LogP contribution in [0.1, 0.15) is 0 Å². The van der Waals surface area contributed by atoms with Crippen LogP contribution in [0.3, 0.4) is 0 Å². The molecule has 84 valence electrons. The van der Waals surface area contributed by atoms with Crippen molar-refractivity contribution in [2.75, 3.05) is 6.54 Å². The molecule has 0 spiro atoms. The molecule has 1 aromatic heterocycles. The van der Waals surface area contributed by atoms with Gasteiger partial charge in [-0.3, -0.25) is 9.36 Å².